The van der Waals surface area contributed by atoms with Crippen LogP contribution < -0.4 is 14.2 Å². The Bertz CT molecular complexity index is 730. The molecule has 0 amide bonds. The normalized spacial score (nSPS) is 9.85. The van der Waals surface area contributed by atoms with Crippen molar-refractivity contribution in [2.24, 2.45) is 0 Å². The van der Waals surface area contributed by atoms with Gasteiger partial charge in [0.25, 0.3) is 0 Å². The lowest BCUT2D eigenvalue weighted by atomic mass is 10.1. The van der Waals surface area contributed by atoms with E-state index in [1.54, 1.807) is 26.4 Å². The summed E-state index contributed by atoms with van der Waals surface area (Å²) in [5, 5.41) is 0. The lowest BCUT2D eigenvalue weighted by molar-refractivity contribution is -0.132. The van der Waals surface area contributed by atoms with Crippen LogP contribution in [0.5, 0.6) is 17.2 Å². The molecular weight excluding hydrogens is 328 g/mol. The van der Waals surface area contributed by atoms with Gasteiger partial charge in [-0.1, -0.05) is 36.4 Å². The lowest BCUT2D eigenvalue weighted by Crippen LogP contribution is -2.03. The van der Waals surface area contributed by atoms with Crippen molar-refractivity contribution < 1.29 is 19.0 Å². The highest BCUT2D eigenvalue weighted by Gasteiger charge is 2.07. The van der Waals surface area contributed by atoms with E-state index < -0.39 is 0 Å². The van der Waals surface area contributed by atoms with Crippen molar-refractivity contribution in [1.82, 2.24) is 0 Å². The zero-order chi connectivity index (χ0) is 19.4. The van der Waals surface area contributed by atoms with E-state index in [1.165, 1.54) is 12.5 Å². The van der Waals surface area contributed by atoms with E-state index in [4.69, 9.17) is 14.2 Å². The number of methoxy groups -OCH3 is 2. The van der Waals surface area contributed by atoms with Crippen LogP contribution >= 0.6 is 0 Å². The molecule has 138 valence electrons. The molecule has 0 spiro atoms. The highest BCUT2D eigenvalue weighted by atomic mass is 16.6. The van der Waals surface area contributed by atoms with Crippen molar-refractivity contribution >= 4 is 12.0 Å². The Kier molecular flexibility index (Phi) is 9.33. The Balaban J connectivity index is 0.000000273. The lowest BCUT2D eigenvalue weighted by Gasteiger charge is -2.08. The van der Waals surface area contributed by atoms with Gasteiger partial charge in [0.1, 0.15) is 5.75 Å². The first-order valence-electron chi connectivity index (χ1n) is 8.27. The number of rotatable bonds is 6. The first-order chi connectivity index (χ1) is 12.5. The molecule has 2 aromatic carbocycles. The molecule has 4 heteroatoms. The third-order valence-electron chi connectivity index (χ3n) is 3.34. The van der Waals surface area contributed by atoms with E-state index in [2.05, 4.69) is 12.7 Å². The van der Waals surface area contributed by atoms with E-state index in [0.717, 1.165) is 17.7 Å². The van der Waals surface area contributed by atoms with Crippen LogP contribution in [-0.4, -0.2) is 20.2 Å². The maximum absolute atomic E-state index is 10.8. The van der Waals surface area contributed by atoms with Crippen LogP contribution in [0, 0.1) is 0 Å². The molecule has 0 fully saturated rings. The Labute approximate surface area is 155 Å². The second-order valence-corrected chi connectivity index (χ2v) is 5.34. The summed E-state index contributed by atoms with van der Waals surface area (Å²) in [6.07, 6.45) is 6.64. The van der Waals surface area contributed by atoms with E-state index >= 15 is 0 Å². The number of hydrogen-bond donors (Lipinski definition) is 0. The fourth-order valence-electron chi connectivity index (χ4n) is 2.15. The topological polar surface area (TPSA) is 44.8 Å². The third-order valence-corrected chi connectivity index (χ3v) is 3.34. The van der Waals surface area contributed by atoms with Gasteiger partial charge in [0.05, 0.1) is 14.2 Å². The van der Waals surface area contributed by atoms with Gasteiger partial charge < -0.3 is 14.2 Å². The van der Waals surface area contributed by atoms with Crippen molar-refractivity contribution in [2.45, 2.75) is 20.3 Å². The van der Waals surface area contributed by atoms with Crippen molar-refractivity contribution in [3.63, 3.8) is 0 Å². The van der Waals surface area contributed by atoms with Crippen molar-refractivity contribution in [1.29, 1.82) is 0 Å². The summed E-state index contributed by atoms with van der Waals surface area (Å²) in [6, 6.07) is 13.4. The van der Waals surface area contributed by atoms with Crippen molar-refractivity contribution in [2.75, 3.05) is 14.2 Å². The maximum atomic E-state index is 10.8. The number of ether oxygens (including phenoxy) is 3. The fraction of sp³-hybridized carbons (Fsp3) is 0.227. The molecule has 0 radical (unpaired) electrons. The van der Waals surface area contributed by atoms with Gasteiger partial charge in [-0.3, -0.25) is 4.79 Å². The highest BCUT2D eigenvalue weighted by Crippen LogP contribution is 2.28. The summed E-state index contributed by atoms with van der Waals surface area (Å²) in [5.74, 6) is 1.55. The van der Waals surface area contributed by atoms with Gasteiger partial charge in [0.15, 0.2) is 11.5 Å². The molecule has 2 rings (SSSR count). The third kappa shape index (κ3) is 7.26. The second-order valence-electron chi connectivity index (χ2n) is 5.34. The molecule has 0 heterocycles. The average molecular weight is 354 g/mol. The second kappa shape index (κ2) is 11.5. The van der Waals surface area contributed by atoms with Crippen LogP contribution in [0.3, 0.4) is 0 Å². The number of allylic oxidation sites excluding steroid dienone is 2. The zero-order valence-corrected chi connectivity index (χ0v) is 15.8. The van der Waals surface area contributed by atoms with Gasteiger partial charge in [-0.25, -0.2) is 0 Å². The van der Waals surface area contributed by atoms with Gasteiger partial charge in [0.2, 0.25) is 0 Å². The molecule has 4 nitrogen and oxygen atoms in total. The van der Waals surface area contributed by atoms with Gasteiger partial charge in [-0.2, -0.15) is 0 Å². The minimum Gasteiger partial charge on any atom is -0.497 e. The molecule has 0 aromatic heterocycles. The Morgan fingerprint density at radius 3 is 2.23 bits per heavy atom. The molecule has 0 aliphatic heterocycles. The molecule has 0 atom stereocenters. The van der Waals surface area contributed by atoms with Gasteiger partial charge in [-0.15, -0.1) is 6.58 Å². The smallest absolute Gasteiger partial charge is 0.308 e. The summed E-state index contributed by atoms with van der Waals surface area (Å²) in [4.78, 5) is 10.8. The van der Waals surface area contributed by atoms with E-state index in [0.29, 0.717) is 11.5 Å². The predicted octanol–water partition coefficient (Wildman–Crippen LogP) is 5.08. The molecule has 0 aliphatic carbocycles. The highest BCUT2D eigenvalue weighted by molar-refractivity contribution is 5.70. The summed E-state index contributed by atoms with van der Waals surface area (Å²) in [5.41, 5.74) is 2.27. The molecule has 0 N–H and O–H groups in total. The number of esters is 1. The van der Waals surface area contributed by atoms with Crippen LogP contribution in [0.15, 0.2) is 61.2 Å². The van der Waals surface area contributed by atoms with E-state index in [-0.39, 0.29) is 5.97 Å². The number of hydrogen-bond acceptors (Lipinski definition) is 4. The standard InChI is InChI=1S/C12H14O3.C10H12O/c1-4-5-10-6-7-11(15-9(2)13)12(8-10)14-3;1-3-4-9-5-7-10(11-2)8-6-9/h4,6-8H,1,5H2,2-3H3;3-8H,1-2H3/b;4-3+. The van der Waals surface area contributed by atoms with Crippen LogP contribution in [-0.2, 0) is 11.2 Å². The van der Waals surface area contributed by atoms with Crippen molar-refractivity contribution in [3.05, 3.63) is 72.3 Å². The SMILES string of the molecule is C/C=C/c1ccc(OC)cc1.C=CCc1ccc(OC(C)=O)c(OC)c1. The van der Waals surface area contributed by atoms with E-state index in [9.17, 15) is 4.79 Å². The number of carbonyl (C=O) groups is 1. The number of carbonyl (C=O) groups excluding carboxylic acids is 1. The summed E-state index contributed by atoms with van der Waals surface area (Å²) in [7, 11) is 3.21. The molecule has 0 unspecified atom stereocenters. The zero-order valence-electron chi connectivity index (χ0n) is 15.8. The van der Waals surface area contributed by atoms with Crippen LogP contribution in [0.1, 0.15) is 25.0 Å². The predicted molar refractivity (Wildman–Crippen MR) is 106 cm³/mol. The Hall–Kier alpha value is -3.01. The summed E-state index contributed by atoms with van der Waals surface area (Å²) < 4.78 is 15.1. The van der Waals surface area contributed by atoms with Crippen LogP contribution in [0.2, 0.25) is 0 Å². The van der Waals surface area contributed by atoms with Crippen LogP contribution in [0.4, 0.5) is 0 Å². The molecule has 0 saturated carbocycles. The molecule has 26 heavy (non-hydrogen) atoms. The average Bonchev–Trinajstić information content (AvgIpc) is 2.64. The Morgan fingerprint density at radius 2 is 1.73 bits per heavy atom. The molecule has 0 aliphatic rings. The monoisotopic (exact) mass is 354 g/mol. The van der Waals surface area contributed by atoms with Crippen molar-refractivity contribution in [3.8, 4) is 17.2 Å². The minimum absolute atomic E-state index is 0.357. The molecule has 0 saturated heterocycles. The van der Waals surface area contributed by atoms with E-state index in [1.807, 2.05) is 49.4 Å². The quantitative estimate of drug-likeness (QED) is 0.412. The fourth-order valence-corrected chi connectivity index (χ4v) is 2.15. The first-order valence-corrected chi connectivity index (χ1v) is 8.27. The van der Waals surface area contributed by atoms with Gasteiger partial charge in [-0.05, 0) is 48.7 Å². The minimum atomic E-state index is -0.357. The molecule has 2 aromatic rings. The largest absolute Gasteiger partial charge is 0.497 e. The Morgan fingerprint density at radius 1 is 1.04 bits per heavy atom. The summed E-state index contributed by atoms with van der Waals surface area (Å²) in [6.45, 7) is 7.02. The number of benzene rings is 2. The van der Waals surface area contributed by atoms with Gasteiger partial charge >= 0.3 is 5.97 Å². The first kappa shape index (κ1) is 21.0. The summed E-state index contributed by atoms with van der Waals surface area (Å²) >= 11 is 0. The maximum Gasteiger partial charge on any atom is 0.308 e. The van der Waals surface area contributed by atoms with Gasteiger partial charge in [0, 0.05) is 6.92 Å². The molecular formula is C22H26O4. The van der Waals surface area contributed by atoms with Crippen LogP contribution in [0.25, 0.3) is 6.08 Å². The molecule has 0 bridgehead atoms.